The molecule has 10 nitrogen and oxygen atoms in total. The monoisotopic (exact) mass is 657 g/mol. The number of fused-ring (bicyclic) bond motifs is 4. The van der Waals surface area contributed by atoms with Gasteiger partial charge in [0.25, 0.3) is 0 Å². The number of carbonyl (C=O) groups excluding carboxylic acids is 1. The lowest BCUT2D eigenvalue weighted by molar-refractivity contribution is -0.127. The smallest absolute Gasteiger partial charge is 0.245 e. The van der Waals surface area contributed by atoms with Crippen LogP contribution in [0.5, 0.6) is 0 Å². The molecule has 3 atom stereocenters. The van der Waals surface area contributed by atoms with Crippen LogP contribution in [0.2, 0.25) is 10.0 Å². The average molecular weight is 659 g/mol. The normalized spacial score (nSPS) is 25.8. The number of nitrogens with zero attached hydrogens (tertiary/aromatic N) is 5. The Morgan fingerprint density at radius 2 is 1.80 bits per heavy atom. The van der Waals surface area contributed by atoms with Crippen LogP contribution in [0, 0.1) is 18.3 Å². The van der Waals surface area contributed by atoms with E-state index >= 15 is 0 Å². The Morgan fingerprint density at radius 3 is 2.38 bits per heavy atom. The Kier molecular flexibility index (Phi) is 9.24. The van der Waals surface area contributed by atoms with Gasteiger partial charge in [-0.2, -0.15) is 5.10 Å². The zero-order valence-corrected chi connectivity index (χ0v) is 28.0. The molecule has 1 amide bonds. The zero-order chi connectivity index (χ0) is 32.0. The third-order valence-corrected chi connectivity index (χ3v) is 10.9. The Balaban J connectivity index is 1.34. The molecule has 7 rings (SSSR count). The summed E-state index contributed by atoms with van der Waals surface area (Å²) in [5.74, 6) is 1.32. The van der Waals surface area contributed by atoms with Crippen molar-refractivity contribution < 1.29 is 14.3 Å². The Hall–Kier alpha value is -2.63. The molecular formula is C33H45Cl2N7O3. The fraction of sp³-hybridized carbons (Fsp3) is 0.606. The molecule has 45 heavy (non-hydrogen) atoms. The highest BCUT2D eigenvalue weighted by molar-refractivity contribution is 6.44. The maximum absolute atomic E-state index is 12.3. The summed E-state index contributed by atoms with van der Waals surface area (Å²) in [4.78, 5) is 19.1. The van der Waals surface area contributed by atoms with Gasteiger partial charge < -0.3 is 30.4 Å². The van der Waals surface area contributed by atoms with E-state index < -0.39 is 0 Å². The van der Waals surface area contributed by atoms with Crippen molar-refractivity contribution in [1.29, 1.82) is 5.41 Å². The van der Waals surface area contributed by atoms with Gasteiger partial charge in [-0.3, -0.25) is 14.4 Å². The summed E-state index contributed by atoms with van der Waals surface area (Å²) in [6, 6.07) is 1.72. The number of hydrogen-bond acceptors (Lipinski definition) is 8. The maximum Gasteiger partial charge on any atom is 0.245 e. The number of ether oxygens (including phenoxy) is 2. The maximum atomic E-state index is 12.3. The lowest BCUT2D eigenvalue weighted by Gasteiger charge is -2.47. The van der Waals surface area contributed by atoms with E-state index in [1.54, 1.807) is 6.07 Å². The summed E-state index contributed by atoms with van der Waals surface area (Å²) in [5.41, 5.74) is 9.61. The fourth-order valence-electron chi connectivity index (χ4n) is 7.90. The van der Waals surface area contributed by atoms with Crippen LogP contribution in [0.15, 0.2) is 18.7 Å². The molecule has 12 heteroatoms. The lowest BCUT2D eigenvalue weighted by Crippen LogP contribution is -2.52. The number of nitrogen functional groups attached to an aromatic ring is 1. The largest absolute Gasteiger partial charge is 0.398 e. The van der Waals surface area contributed by atoms with Crippen LogP contribution < -0.4 is 10.6 Å². The standard InChI is InChI=1S/C33H45Cl2N7O3/c1-5-28(43)40-9-7-22(8-10-40)42-20(2)29(30-25(14-36)27(37)12-26(34)31(30)35)32(38-42)41-11-6-21(13-33(41,3)4)15-39-16-23-18-45-24(17-39)19-44-23/h5,12,14,21-24,36H,1,6-11,13,15-19,37H2,2-4H3/t21-,23?,24?/m1/s1. The second-order valence-electron chi connectivity index (χ2n) is 13.6. The van der Waals surface area contributed by atoms with Crippen molar-refractivity contribution in [3.63, 3.8) is 0 Å². The number of anilines is 2. The molecule has 0 radical (unpaired) electrons. The Bertz CT molecular complexity index is 1450. The molecule has 1 aromatic heterocycles. The molecule has 0 spiro atoms. The molecule has 2 aromatic rings. The van der Waals surface area contributed by atoms with Gasteiger partial charge in [-0.05, 0) is 64.5 Å². The molecule has 5 aliphatic heterocycles. The zero-order valence-electron chi connectivity index (χ0n) is 26.5. The molecule has 1 aromatic carbocycles. The number of amides is 1. The van der Waals surface area contributed by atoms with Crippen molar-refractivity contribution in [1.82, 2.24) is 19.6 Å². The van der Waals surface area contributed by atoms with Gasteiger partial charge in [-0.25, -0.2) is 0 Å². The van der Waals surface area contributed by atoms with Crippen molar-refractivity contribution in [2.24, 2.45) is 5.92 Å². The van der Waals surface area contributed by atoms with E-state index in [-0.39, 0.29) is 29.7 Å². The topological polar surface area (TPSA) is 113 Å². The molecule has 3 N–H and O–H groups in total. The number of nitrogens with one attached hydrogen (secondary N) is 1. The van der Waals surface area contributed by atoms with E-state index in [1.165, 1.54) is 12.3 Å². The van der Waals surface area contributed by atoms with Gasteiger partial charge in [0, 0.05) is 79.1 Å². The number of carbonyl (C=O) groups is 1. The second kappa shape index (κ2) is 12.9. The third kappa shape index (κ3) is 6.24. The minimum absolute atomic E-state index is 0.0404. The minimum Gasteiger partial charge on any atom is -0.398 e. The fourth-order valence-corrected chi connectivity index (χ4v) is 8.36. The number of nitrogens with two attached hydrogens (primary N) is 1. The summed E-state index contributed by atoms with van der Waals surface area (Å²) in [6.07, 6.45) is 6.53. The van der Waals surface area contributed by atoms with Crippen molar-refractivity contribution in [2.45, 2.75) is 70.2 Å². The third-order valence-electron chi connectivity index (χ3n) is 10.1. The first-order chi connectivity index (χ1) is 21.5. The number of benzene rings is 1. The van der Waals surface area contributed by atoms with Crippen LogP contribution in [-0.4, -0.2) is 102 Å². The highest BCUT2D eigenvalue weighted by Crippen LogP contribution is 2.48. The van der Waals surface area contributed by atoms with Gasteiger partial charge in [0.1, 0.15) is 0 Å². The number of likely N-dealkylation sites (tertiary alicyclic amines) is 1. The van der Waals surface area contributed by atoms with Crippen molar-refractivity contribution in [2.75, 3.05) is 63.1 Å². The van der Waals surface area contributed by atoms with Gasteiger partial charge in [-0.1, -0.05) is 29.8 Å². The number of piperidine rings is 2. The SMILES string of the molecule is C=CC(=O)N1CCC(n2nc(N3CC[C@@H](CN4CC5COC(CO5)C4)CC3(C)C)c(-c3c(Cl)c(Cl)cc(N)c3C=N)c2C)CC1. The summed E-state index contributed by atoms with van der Waals surface area (Å²) < 4.78 is 14.0. The summed E-state index contributed by atoms with van der Waals surface area (Å²) >= 11 is 13.6. The van der Waals surface area contributed by atoms with E-state index in [0.717, 1.165) is 68.9 Å². The lowest BCUT2D eigenvalue weighted by atomic mass is 9.81. The van der Waals surface area contributed by atoms with Crippen molar-refractivity contribution in [3.05, 3.63) is 40.0 Å². The molecule has 2 bridgehead atoms. The van der Waals surface area contributed by atoms with E-state index in [2.05, 4.69) is 41.8 Å². The van der Waals surface area contributed by atoms with Gasteiger partial charge in [-0.15, -0.1) is 0 Å². The molecule has 0 saturated carbocycles. The van der Waals surface area contributed by atoms with E-state index in [0.29, 0.717) is 59.1 Å². The summed E-state index contributed by atoms with van der Waals surface area (Å²) in [5, 5.41) is 14.3. The van der Waals surface area contributed by atoms with Crippen molar-refractivity contribution in [3.8, 4) is 11.1 Å². The van der Waals surface area contributed by atoms with E-state index in [9.17, 15) is 4.79 Å². The van der Waals surface area contributed by atoms with E-state index in [1.807, 2.05) is 4.90 Å². The average Bonchev–Trinajstić information content (AvgIpc) is 3.13. The molecule has 244 valence electrons. The van der Waals surface area contributed by atoms with Crippen molar-refractivity contribution >= 4 is 46.8 Å². The van der Waals surface area contributed by atoms with E-state index in [4.69, 9.17) is 48.9 Å². The predicted molar refractivity (Wildman–Crippen MR) is 180 cm³/mol. The molecule has 2 unspecified atom stereocenters. The minimum atomic E-state index is -0.206. The number of hydrogen-bond donors (Lipinski definition) is 2. The van der Waals surface area contributed by atoms with Crippen LogP contribution in [0.3, 0.4) is 0 Å². The summed E-state index contributed by atoms with van der Waals surface area (Å²) in [7, 11) is 0. The first-order valence-electron chi connectivity index (χ1n) is 16.0. The number of rotatable bonds is 7. The highest BCUT2D eigenvalue weighted by atomic mass is 35.5. The summed E-state index contributed by atoms with van der Waals surface area (Å²) in [6.45, 7) is 16.6. The Labute approximate surface area is 275 Å². The van der Waals surface area contributed by atoms with Crippen LogP contribution in [0.1, 0.15) is 56.8 Å². The van der Waals surface area contributed by atoms with Crippen LogP contribution >= 0.6 is 23.2 Å². The Morgan fingerprint density at radius 1 is 1.13 bits per heavy atom. The molecule has 5 saturated heterocycles. The molecule has 0 aliphatic carbocycles. The molecule has 6 heterocycles. The van der Waals surface area contributed by atoms with Gasteiger partial charge in [0.15, 0.2) is 5.82 Å². The second-order valence-corrected chi connectivity index (χ2v) is 14.4. The molecule has 5 fully saturated rings. The molecule has 5 aliphatic rings. The first kappa shape index (κ1) is 32.3. The van der Waals surface area contributed by atoms with Crippen LogP contribution in [0.25, 0.3) is 11.1 Å². The van der Waals surface area contributed by atoms with Crippen LogP contribution in [0.4, 0.5) is 11.5 Å². The van der Waals surface area contributed by atoms with Gasteiger partial charge in [0.05, 0.1) is 41.5 Å². The quantitative estimate of drug-likeness (QED) is 0.239. The number of aromatic nitrogens is 2. The van der Waals surface area contributed by atoms with Gasteiger partial charge in [0.2, 0.25) is 5.91 Å². The molecular weight excluding hydrogens is 613 g/mol. The predicted octanol–water partition coefficient (Wildman–Crippen LogP) is 5.19. The number of halogens is 2. The highest BCUT2D eigenvalue weighted by Gasteiger charge is 2.41. The van der Waals surface area contributed by atoms with Gasteiger partial charge >= 0.3 is 0 Å². The first-order valence-corrected chi connectivity index (χ1v) is 16.8. The van der Waals surface area contributed by atoms with Crippen LogP contribution in [-0.2, 0) is 14.3 Å².